The van der Waals surface area contributed by atoms with E-state index in [9.17, 15) is 19.2 Å². The first-order chi connectivity index (χ1) is 13.3. The molecule has 2 N–H and O–H groups in total. The standard InChI is InChI=1S/C20H25N3O5/c1-4-17(24)15(11-10-14-8-6-5-7-9-14)21-13(2)18(25)23-12-16(19(26)27)22(3)20(23)28/h5-9,12-13,15,21H,4,10-11H2,1-3H3,(H,26,27). The minimum absolute atomic E-state index is 0.0257. The highest BCUT2D eigenvalue weighted by Crippen LogP contribution is 2.08. The number of Topliss-reactive ketones (excluding diaryl/α,β-unsaturated/α-hetero) is 1. The van der Waals surface area contributed by atoms with Crippen molar-refractivity contribution in [2.24, 2.45) is 7.05 Å². The molecular weight excluding hydrogens is 362 g/mol. The molecule has 0 aliphatic heterocycles. The number of imidazole rings is 1. The van der Waals surface area contributed by atoms with Gasteiger partial charge in [0.05, 0.1) is 12.1 Å². The van der Waals surface area contributed by atoms with E-state index in [-0.39, 0.29) is 11.5 Å². The summed E-state index contributed by atoms with van der Waals surface area (Å²) in [6, 6.07) is 8.33. The van der Waals surface area contributed by atoms with Gasteiger partial charge in [-0.25, -0.2) is 14.2 Å². The molecule has 0 saturated heterocycles. The van der Waals surface area contributed by atoms with Gasteiger partial charge in [-0.2, -0.15) is 0 Å². The van der Waals surface area contributed by atoms with Crippen LogP contribution >= 0.6 is 0 Å². The van der Waals surface area contributed by atoms with E-state index in [2.05, 4.69) is 5.32 Å². The van der Waals surface area contributed by atoms with Crippen molar-refractivity contribution in [3.63, 3.8) is 0 Å². The van der Waals surface area contributed by atoms with Crippen LogP contribution in [0.25, 0.3) is 0 Å². The van der Waals surface area contributed by atoms with Gasteiger partial charge in [0.15, 0.2) is 0 Å². The average molecular weight is 387 g/mol. The molecule has 0 aliphatic carbocycles. The molecule has 0 amide bonds. The Morgan fingerprint density at radius 1 is 1.18 bits per heavy atom. The van der Waals surface area contributed by atoms with E-state index in [0.29, 0.717) is 19.3 Å². The summed E-state index contributed by atoms with van der Waals surface area (Å²) in [6.07, 6.45) is 2.51. The first-order valence-corrected chi connectivity index (χ1v) is 9.14. The van der Waals surface area contributed by atoms with Crippen LogP contribution in [0.4, 0.5) is 0 Å². The van der Waals surface area contributed by atoms with Crippen molar-refractivity contribution in [1.82, 2.24) is 14.5 Å². The molecule has 0 radical (unpaired) electrons. The van der Waals surface area contributed by atoms with E-state index in [1.54, 1.807) is 13.8 Å². The number of hydrogen-bond donors (Lipinski definition) is 2. The van der Waals surface area contributed by atoms with Crippen LogP contribution in [0.5, 0.6) is 0 Å². The lowest BCUT2D eigenvalue weighted by atomic mass is 10.00. The monoisotopic (exact) mass is 387 g/mol. The molecule has 8 heteroatoms. The molecule has 0 fully saturated rings. The zero-order valence-electron chi connectivity index (χ0n) is 16.2. The van der Waals surface area contributed by atoms with Crippen LogP contribution in [0.15, 0.2) is 41.3 Å². The quantitative estimate of drug-likeness (QED) is 0.674. The van der Waals surface area contributed by atoms with Crippen molar-refractivity contribution in [3.8, 4) is 0 Å². The third kappa shape index (κ3) is 4.83. The average Bonchev–Trinajstić information content (AvgIpc) is 2.99. The Balaban J connectivity index is 2.14. The molecular formula is C20H25N3O5. The largest absolute Gasteiger partial charge is 0.477 e. The SMILES string of the molecule is CCC(=O)C(CCc1ccccc1)NC(C)C(=O)n1cc(C(=O)O)n(C)c1=O. The summed E-state index contributed by atoms with van der Waals surface area (Å²) in [6.45, 7) is 3.31. The maximum Gasteiger partial charge on any atom is 0.354 e. The summed E-state index contributed by atoms with van der Waals surface area (Å²) in [5.41, 5.74) is 0.0667. The van der Waals surface area contributed by atoms with E-state index in [1.165, 1.54) is 7.05 Å². The normalized spacial score (nSPS) is 13.1. The Bertz CT molecular complexity index is 914. The van der Waals surface area contributed by atoms with Crippen LogP contribution in [0.1, 0.15) is 47.5 Å². The fourth-order valence-electron chi connectivity index (χ4n) is 3.01. The van der Waals surface area contributed by atoms with E-state index >= 15 is 0 Å². The Labute approximate surface area is 162 Å². The number of aryl methyl sites for hydroxylation is 1. The van der Waals surface area contributed by atoms with Gasteiger partial charge in [0.2, 0.25) is 0 Å². The number of carboxylic acids is 1. The van der Waals surface area contributed by atoms with Crippen LogP contribution in [0.3, 0.4) is 0 Å². The van der Waals surface area contributed by atoms with Crippen LogP contribution in [-0.2, 0) is 18.3 Å². The first kappa shape index (κ1) is 21.3. The minimum atomic E-state index is -1.30. The summed E-state index contributed by atoms with van der Waals surface area (Å²) in [7, 11) is 1.29. The van der Waals surface area contributed by atoms with E-state index in [0.717, 1.165) is 20.9 Å². The van der Waals surface area contributed by atoms with Gasteiger partial charge in [-0.3, -0.25) is 19.5 Å². The highest BCUT2D eigenvalue weighted by Gasteiger charge is 2.26. The van der Waals surface area contributed by atoms with Gasteiger partial charge in [-0.05, 0) is 25.3 Å². The van der Waals surface area contributed by atoms with Gasteiger partial charge in [-0.15, -0.1) is 0 Å². The van der Waals surface area contributed by atoms with Crippen LogP contribution in [-0.4, -0.2) is 44.0 Å². The second-order valence-electron chi connectivity index (χ2n) is 6.65. The van der Waals surface area contributed by atoms with Gasteiger partial charge in [0.25, 0.3) is 5.91 Å². The Hall–Kier alpha value is -3.00. The maximum atomic E-state index is 12.7. The number of aromatic carboxylic acids is 1. The third-order valence-electron chi connectivity index (χ3n) is 4.69. The van der Waals surface area contributed by atoms with Gasteiger partial charge in [0, 0.05) is 19.7 Å². The Morgan fingerprint density at radius 2 is 1.82 bits per heavy atom. The molecule has 1 aromatic heterocycles. The molecule has 0 aliphatic rings. The molecule has 2 unspecified atom stereocenters. The number of nitrogens with one attached hydrogen (secondary N) is 1. The zero-order valence-corrected chi connectivity index (χ0v) is 16.2. The Morgan fingerprint density at radius 3 is 2.36 bits per heavy atom. The topological polar surface area (TPSA) is 110 Å². The number of rotatable bonds is 9. The highest BCUT2D eigenvalue weighted by atomic mass is 16.4. The summed E-state index contributed by atoms with van der Waals surface area (Å²) >= 11 is 0. The molecule has 0 saturated carbocycles. The number of benzene rings is 1. The molecule has 2 atom stereocenters. The second kappa shape index (κ2) is 9.27. The van der Waals surface area contributed by atoms with Crippen LogP contribution in [0, 0.1) is 0 Å². The number of hydrogen-bond acceptors (Lipinski definition) is 5. The fourth-order valence-corrected chi connectivity index (χ4v) is 3.01. The molecule has 1 heterocycles. The maximum absolute atomic E-state index is 12.7. The van der Waals surface area contributed by atoms with Gasteiger partial charge in [0.1, 0.15) is 11.5 Å². The lowest BCUT2D eigenvalue weighted by Gasteiger charge is -2.21. The molecule has 0 spiro atoms. The van der Waals surface area contributed by atoms with Crippen molar-refractivity contribution in [2.75, 3.05) is 0 Å². The fraction of sp³-hybridized carbons (Fsp3) is 0.400. The van der Waals surface area contributed by atoms with Crippen molar-refractivity contribution in [3.05, 3.63) is 58.3 Å². The molecule has 150 valence electrons. The van der Waals surface area contributed by atoms with Crippen LogP contribution in [0.2, 0.25) is 0 Å². The number of aromatic nitrogens is 2. The molecule has 2 rings (SSSR count). The van der Waals surface area contributed by atoms with Crippen molar-refractivity contribution < 1.29 is 19.5 Å². The molecule has 8 nitrogen and oxygen atoms in total. The zero-order chi connectivity index (χ0) is 20.8. The van der Waals surface area contributed by atoms with Crippen LogP contribution < -0.4 is 11.0 Å². The van der Waals surface area contributed by atoms with Gasteiger partial charge >= 0.3 is 11.7 Å². The molecule has 0 bridgehead atoms. The third-order valence-corrected chi connectivity index (χ3v) is 4.69. The lowest BCUT2D eigenvalue weighted by Crippen LogP contribution is -2.48. The first-order valence-electron chi connectivity index (χ1n) is 9.14. The van der Waals surface area contributed by atoms with Gasteiger partial charge in [-0.1, -0.05) is 37.3 Å². The number of carbonyl (C=O) groups is 3. The Kier molecular flexibility index (Phi) is 7.06. The summed E-state index contributed by atoms with van der Waals surface area (Å²) in [5, 5.41) is 12.1. The van der Waals surface area contributed by atoms with Crippen molar-refractivity contribution in [2.45, 2.75) is 45.2 Å². The van der Waals surface area contributed by atoms with E-state index in [1.807, 2.05) is 30.3 Å². The van der Waals surface area contributed by atoms with E-state index in [4.69, 9.17) is 5.11 Å². The number of carbonyl (C=O) groups excluding carboxylic acids is 2. The second-order valence-corrected chi connectivity index (χ2v) is 6.65. The molecule has 1 aromatic carbocycles. The summed E-state index contributed by atoms with van der Waals surface area (Å²) in [4.78, 5) is 48.3. The lowest BCUT2D eigenvalue weighted by molar-refractivity contribution is -0.121. The minimum Gasteiger partial charge on any atom is -0.477 e. The van der Waals surface area contributed by atoms with Gasteiger partial charge < -0.3 is 5.11 Å². The van der Waals surface area contributed by atoms with E-state index < -0.39 is 29.6 Å². The predicted molar refractivity (Wildman–Crippen MR) is 104 cm³/mol. The summed E-state index contributed by atoms with van der Waals surface area (Å²) in [5.74, 6) is -1.93. The molecule has 2 aromatic rings. The number of ketones is 1. The smallest absolute Gasteiger partial charge is 0.354 e. The highest BCUT2D eigenvalue weighted by molar-refractivity contribution is 5.90. The summed E-state index contributed by atoms with van der Waals surface area (Å²) < 4.78 is 1.67. The van der Waals surface area contributed by atoms with Crippen molar-refractivity contribution in [1.29, 1.82) is 0 Å². The number of carboxylic acid groups (broad SMARTS) is 1. The number of nitrogens with zero attached hydrogens (tertiary/aromatic N) is 2. The molecule has 28 heavy (non-hydrogen) atoms. The predicted octanol–water partition coefficient (Wildman–Crippen LogP) is 1.48. The van der Waals surface area contributed by atoms with Crippen molar-refractivity contribution >= 4 is 17.7 Å².